The van der Waals surface area contributed by atoms with Crippen LogP contribution < -0.4 is 5.32 Å². The van der Waals surface area contributed by atoms with E-state index in [0.717, 1.165) is 27.4 Å². The fraction of sp³-hybridized carbons (Fsp3) is 0.200. The van der Waals surface area contributed by atoms with Crippen LogP contribution in [-0.4, -0.2) is 21.2 Å². The van der Waals surface area contributed by atoms with Gasteiger partial charge in [0.2, 0.25) is 17.6 Å². The standard InChI is InChI=1S/C20H18N4O3S/c1-12-15(13(2)26-23-12)11-18(25)21-16-7-4-3-6-14(16)10-19-22-20(24-27-19)17-8-5-9-28-17/h3-9H,10-11H2,1-2H3,(H,21,25). The van der Waals surface area contributed by atoms with Gasteiger partial charge in [0.25, 0.3) is 0 Å². The Bertz CT molecular complexity index is 1080. The van der Waals surface area contributed by atoms with Crippen molar-refractivity contribution in [3.05, 3.63) is 70.3 Å². The van der Waals surface area contributed by atoms with Gasteiger partial charge in [-0.1, -0.05) is 34.6 Å². The first kappa shape index (κ1) is 18.1. The van der Waals surface area contributed by atoms with E-state index in [1.165, 1.54) is 0 Å². The molecular weight excluding hydrogens is 376 g/mol. The zero-order valence-corrected chi connectivity index (χ0v) is 16.2. The number of benzene rings is 1. The molecule has 28 heavy (non-hydrogen) atoms. The Morgan fingerprint density at radius 3 is 2.71 bits per heavy atom. The Labute approximate surface area is 165 Å². The van der Waals surface area contributed by atoms with Crippen molar-refractivity contribution in [3.8, 4) is 10.7 Å². The monoisotopic (exact) mass is 394 g/mol. The van der Waals surface area contributed by atoms with Crippen molar-refractivity contribution >= 4 is 22.9 Å². The first-order chi connectivity index (χ1) is 13.6. The maximum Gasteiger partial charge on any atom is 0.231 e. The molecule has 3 aromatic heterocycles. The number of carbonyl (C=O) groups excluding carboxylic acids is 1. The SMILES string of the molecule is Cc1noc(C)c1CC(=O)Nc1ccccc1Cc1nc(-c2cccs2)no1. The highest BCUT2D eigenvalue weighted by molar-refractivity contribution is 7.13. The van der Waals surface area contributed by atoms with Gasteiger partial charge in [-0.3, -0.25) is 4.79 Å². The number of rotatable bonds is 6. The third kappa shape index (κ3) is 3.86. The normalized spacial score (nSPS) is 10.9. The molecule has 0 fully saturated rings. The minimum Gasteiger partial charge on any atom is -0.361 e. The summed E-state index contributed by atoms with van der Waals surface area (Å²) in [4.78, 5) is 17.9. The predicted octanol–water partition coefficient (Wildman–Crippen LogP) is 4.17. The molecule has 3 heterocycles. The zero-order valence-electron chi connectivity index (χ0n) is 15.4. The maximum absolute atomic E-state index is 12.5. The molecular formula is C20H18N4O3S. The summed E-state index contributed by atoms with van der Waals surface area (Å²) in [6, 6.07) is 11.5. The van der Waals surface area contributed by atoms with Gasteiger partial charge in [-0.15, -0.1) is 11.3 Å². The second kappa shape index (κ2) is 7.77. The summed E-state index contributed by atoms with van der Waals surface area (Å²) in [6.45, 7) is 3.63. The molecule has 0 atom stereocenters. The van der Waals surface area contributed by atoms with E-state index in [1.54, 1.807) is 18.3 Å². The van der Waals surface area contributed by atoms with Crippen LogP contribution in [-0.2, 0) is 17.6 Å². The van der Waals surface area contributed by atoms with E-state index in [2.05, 4.69) is 20.6 Å². The fourth-order valence-electron chi connectivity index (χ4n) is 2.90. The highest BCUT2D eigenvalue weighted by Crippen LogP contribution is 2.24. The number of para-hydroxylation sites is 1. The van der Waals surface area contributed by atoms with Crippen LogP contribution in [0.4, 0.5) is 5.69 Å². The number of nitrogens with zero attached hydrogens (tertiary/aromatic N) is 3. The number of anilines is 1. The third-order valence-corrected chi connectivity index (χ3v) is 5.23. The van der Waals surface area contributed by atoms with Crippen LogP contribution in [0.15, 0.2) is 50.8 Å². The molecule has 142 valence electrons. The molecule has 4 aromatic rings. The Morgan fingerprint density at radius 2 is 1.96 bits per heavy atom. The van der Waals surface area contributed by atoms with Crippen LogP contribution in [0.1, 0.15) is 28.5 Å². The van der Waals surface area contributed by atoms with Crippen LogP contribution in [0.5, 0.6) is 0 Å². The smallest absolute Gasteiger partial charge is 0.231 e. The number of hydrogen-bond acceptors (Lipinski definition) is 7. The van der Waals surface area contributed by atoms with Gasteiger partial charge in [0.15, 0.2) is 0 Å². The van der Waals surface area contributed by atoms with E-state index in [-0.39, 0.29) is 12.3 Å². The van der Waals surface area contributed by atoms with Gasteiger partial charge >= 0.3 is 0 Å². The van der Waals surface area contributed by atoms with Crippen LogP contribution in [0, 0.1) is 13.8 Å². The van der Waals surface area contributed by atoms with Crippen molar-refractivity contribution in [2.75, 3.05) is 5.32 Å². The van der Waals surface area contributed by atoms with Crippen molar-refractivity contribution < 1.29 is 13.8 Å². The van der Waals surface area contributed by atoms with Crippen molar-refractivity contribution in [1.82, 2.24) is 15.3 Å². The Balaban J connectivity index is 1.49. The first-order valence-electron chi connectivity index (χ1n) is 8.76. The molecule has 0 saturated heterocycles. The largest absolute Gasteiger partial charge is 0.361 e. The quantitative estimate of drug-likeness (QED) is 0.527. The summed E-state index contributed by atoms with van der Waals surface area (Å²) in [5.74, 6) is 1.60. The first-order valence-corrected chi connectivity index (χ1v) is 9.64. The molecule has 0 spiro atoms. The van der Waals surface area contributed by atoms with Crippen LogP contribution in [0.25, 0.3) is 10.7 Å². The predicted molar refractivity (Wildman–Crippen MR) is 105 cm³/mol. The van der Waals surface area contributed by atoms with E-state index in [1.807, 2.05) is 48.7 Å². The highest BCUT2D eigenvalue weighted by Gasteiger charge is 2.16. The lowest BCUT2D eigenvalue weighted by Gasteiger charge is -2.09. The lowest BCUT2D eigenvalue weighted by molar-refractivity contribution is -0.115. The minimum absolute atomic E-state index is 0.133. The Morgan fingerprint density at radius 1 is 1.11 bits per heavy atom. The molecule has 0 radical (unpaired) electrons. The number of amides is 1. The second-order valence-corrected chi connectivity index (χ2v) is 7.30. The Hall–Kier alpha value is -3.26. The van der Waals surface area contributed by atoms with Crippen molar-refractivity contribution in [3.63, 3.8) is 0 Å². The Kier molecular flexibility index (Phi) is 5.03. The molecule has 0 saturated carbocycles. The van der Waals surface area contributed by atoms with Gasteiger partial charge in [-0.2, -0.15) is 4.98 Å². The summed E-state index contributed by atoms with van der Waals surface area (Å²) in [7, 11) is 0. The van der Waals surface area contributed by atoms with Crippen LogP contribution in [0.3, 0.4) is 0 Å². The van der Waals surface area contributed by atoms with Gasteiger partial charge in [0.05, 0.1) is 23.4 Å². The number of carbonyl (C=O) groups is 1. The molecule has 0 bridgehead atoms. The number of thiophene rings is 1. The van der Waals surface area contributed by atoms with Gasteiger partial charge in [-0.25, -0.2) is 0 Å². The molecule has 0 aliphatic rings. The van der Waals surface area contributed by atoms with E-state index >= 15 is 0 Å². The lowest BCUT2D eigenvalue weighted by atomic mass is 10.1. The molecule has 4 rings (SSSR count). The molecule has 7 nitrogen and oxygen atoms in total. The summed E-state index contributed by atoms with van der Waals surface area (Å²) >= 11 is 1.56. The molecule has 0 aliphatic heterocycles. The van der Waals surface area contributed by atoms with Crippen LogP contribution in [0.2, 0.25) is 0 Å². The van der Waals surface area contributed by atoms with Gasteiger partial charge in [0, 0.05) is 11.3 Å². The summed E-state index contributed by atoms with van der Waals surface area (Å²) in [6.07, 6.45) is 0.638. The van der Waals surface area contributed by atoms with E-state index in [4.69, 9.17) is 9.05 Å². The summed E-state index contributed by atoms with van der Waals surface area (Å²) < 4.78 is 10.5. The average molecular weight is 394 g/mol. The zero-order chi connectivity index (χ0) is 19.5. The average Bonchev–Trinajstić information content (AvgIpc) is 3.42. The van der Waals surface area contributed by atoms with Gasteiger partial charge in [-0.05, 0) is 36.9 Å². The molecule has 8 heteroatoms. The number of aryl methyl sites for hydroxylation is 2. The number of nitrogens with one attached hydrogen (secondary N) is 1. The summed E-state index contributed by atoms with van der Waals surface area (Å²) in [5, 5.41) is 12.9. The topological polar surface area (TPSA) is 94.1 Å². The molecule has 1 aromatic carbocycles. The second-order valence-electron chi connectivity index (χ2n) is 6.35. The highest BCUT2D eigenvalue weighted by atomic mass is 32.1. The van der Waals surface area contributed by atoms with E-state index < -0.39 is 0 Å². The van der Waals surface area contributed by atoms with Crippen molar-refractivity contribution in [1.29, 1.82) is 0 Å². The van der Waals surface area contributed by atoms with E-state index in [0.29, 0.717) is 23.9 Å². The molecule has 1 N–H and O–H groups in total. The lowest BCUT2D eigenvalue weighted by Crippen LogP contribution is -2.16. The molecule has 0 unspecified atom stereocenters. The summed E-state index contributed by atoms with van der Waals surface area (Å²) in [5.41, 5.74) is 3.16. The van der Waals surface area contributed by atoms with Crippen molar-refractivity contribution in [2.24, 2.45) is 0 Å². The van der Waals surface area contributed by atoms with E-state index in [9.17, 15) is 4.79 Å². The third-order valence-electron chi connectivity index (χ3n) is 4.36. The fourth-order valence-corrected chi connectivity index (χ4v) is 3.55. The molecule has 0 aliphatic carbocycles. The van der Waals surface area contributed by atoms with Gasteiger partial charge < -0.3 is 14.4 Å². The molecule has 1 amide bonds. The van der Waals surface area contributed by atoms with Gasteiger partial charge in [0.1, 0.15) is 5.76 Å². The number of aromatic nitrogens is 3. The van der Waals surface area contributed by atoms with Crippen molar-refractivity contribution in [2.45, 2.75) is 26.7 Å². The maximum atomic E-state index is 12.5. The minimum atomic E-state index is -0.133. The van der Waals surface area contributed by atoms with Crippen LogP contribution >= 0.6 is 11.3 Å². The number of hydrogen-bond donors (Lipinski definition) is 1.